The number of methoxy groups -OCH3 is 1. The average molecular weight is 262 g/mol. The lowest BCUT2D eigenvalue weighted by atomic mass is 10.00. The Balaban J connectivity index is 2.11. The molecule has 1 saturated heterocycles. The van der Waals surface area contributed by atoms with E-state index in [1.807, 2.05) is 6.07 Å². The number of piperidine rings is 1. The Morgan fingerprint density at radius 2 is 2.00 bits per heavy atom. The first kappa shape index (κ1) is 13.7. The van der Waals surface area contributed by atoms with Gasteiger partial charge in [0.25, 0.3) is 0 Å². The van der Waals surface area contributed by atoms with Crippen LogP contribution in [0.5, 0.6) is 11.5 Å². The van der Waals surface area contributed by atoms with Gasteiger partial charge in [-0.25, -0.2) is 0 Å². The highest BCUT2D eigenvalue weighted by molar-refractivity contribution is 5.80. The summed E-state index contributed by atoms with van der Waals surface area (Å²) < 4.78 is 5.02. The first-order valence-electron chi connectivity index (χ1n) is 6.81. The van der Waals surface area contributed by atoms with Gasteiger partial charge in [-0.2, -0.15) is 5.10 Å². The number of ether oxygens (including phenoxy) is 1. The van der Waals surface area contributed by atoms with Crippen molar-refractivity contribution in [3.05, 3.63) is 23.8 Å². The number of benzene rings is 1. The number of phenols is 1. The molecule has 1 aliphatic heterocycles. The summed E-state index contributed by atoms with van der Waals surface area (Å²) in [4.78, 5) is 0. The Morgan fingerprint density at radius 3 is 2.58 bits per heavy atom. The third-order valence-corrected chi connectivity index (χ3v) is 3.69. The van der Waals surface area contributed by atoms with Crippen molar-refractivity contribution in [1.29, 1.82) is 0 Å². The van der Waals surface area contributed by atoms with E-state index in [9.17, 15) is 5.11 Å². The van der Waals surface area contributed by atoms with Crippen LogP contribution in [0.1, 0.15) is 38.7 Å². The Morgan fingerprint density at radius 1 is 1.32 bits per heavy atom. The van der Waals surface area contributed by atoms with Gasteiger partial charge in [0.15, 0.2) is 11.5 Å². The predicted molar refractivity (Wildman–Crippen MR) is 76.9 cm³/mol. The van der Waals surface area contributed by atoms with Gasteiger partial charge in [-0.05, 0) is 56.9 Å². The second-order valence-corrected chi connectivity index (χ2v) is 5.18. The summed E-state index contributed by atoms with van der Waals surface area (Å²) in [5, 5.41) is 16.5. The summed E-state index contributed by atoms with van der Waals surface area (Å²) >= 11 is 0. The molecule has 0 bridgehead atoms. The molecule has 0 saturated carbocycles. The standard InChI is InChI=1S/C15H22N2O2/c1-11-5-4-6-12(2)17(11)16-10-13-7-8-15(19-3)14(18)9-13/h7-12,18H,4-6H2,1-3H3/b16-10-/t11-,12-/m1/s1. The Hall–Kier alpha value is -1.71. The van der Waals surface area contributed by atoms with Gasteiger partial charge >= 0.3 is 0 Å². The van der Waals surface area contributed by atoms with Gasteiger partial charge in [-0.3, -0.25) is 5.01 Å². The van der Waals surface area contributed by atoms with Crippen LogP contribution >= 0.6 is 0 Å². The SMILES string of the molecule is COc1ccc(/C=N\N2[C@H](C)CCC[C@H]2C)cc1O. The molecule has 0 amide bonds. The van der Waals surface area contributed by atoms with Crippen LogP contribution in [0, 0.1) is 0 Å². The van der Waals surface area contributed by atoms with Crippen molar-refractivity contribution in [3.63, 3.8) is 0 Å². The lowest BCUT2D eigenvalue weighted by Gasteiger charge is -2.36. The number of phenolic OH excluding ortho intramolecular Hbond substituents is 1. The van der Waals surface area contributed by atoms with Crippen LogP contribution in [0.25, 0.3) is 0 Å². The molecule has 0 radical (unpaired) electrons. The first-order valence-corrected chi connectivity index (χ1v) is 6.81. The van der Waals surface area contributed by atoms with E-state index in [-0.39, 0.29) is 5.75 Å². The third kappa shape index (κ3) is 3.19. The molecular formula is C15H22N2O2. The van der Waals surface area contributed by atoms with E-state index < -0.39 is 0 Å². The average Bonchev–Trinajstić information content (AvgIpc) is 2.38. The molecule has 0 spiro atoms. The summed E-state index contributed by atoms with van der Waals surface area (Å²) in [5.74, 6) is 0.628. The molecule has 1 aromatic rings. The quantitative estimate of drug-likeness (QED) is 0.852. The Labute approximate surface area is 114 Å². The van der Waals surface area contributed by atoms with Gasteiger partial charge in [-0.1, -0.05) is 0 Å². The predicted octanol–water partition coefficient (Wildman–Crippen LogP) is 3.00. The van der Waals surface area contributed by atoms with Crippen LogP contribution in [0.15, 0.2) is 23.3 Å². The normalized spacial score (nSPS) is 23.8. The van der Waals surface area contributed by atoms with Crippen molar-refractivity contribution in [3.8, 4) is 11.5 Å². The lowest BCUT2D eigenvalue weighted by molar-refractivity contribution is 0.109. The van der Waals surface area contributed by atoms with E-state index in [4.69, 9.17) is 4.74 Å². The van der Waals surface area contributed by atoms with Crippen molar-refractivity contribution in [1.82, 2.24) is 5.01 Å². The number of hydrogen-bond donors (Lipinski definition) is 1. The fourth-order valence-electron chi connectivity index (χ4n) is 2.56. The number of hydrazone groups is 1. The maximum absolute atomic E-state index is 9.73. The lowest BCUT2D eigenvalue weighted by Crippen LogP contribution is -2.39. The fraction of sp³-hybridized carbons (Fsp3) is 0.533. The molecule has 0 aliphatic carbocycles. The van der Waals surface area contributed by atoms with Crippen LogP contribution in [-0.2, 0) is 0 Å². The Kier molecular flexibility index (Phi) is 4.30. The van der Waals surface area contributed by atoms with Crippen LogP contribution in [0.4, 0.5) is 0 Å². The van der Waals surface area contributed by atoms with Crippen LogP contribution < -0.4 is 4.74 Å². The molecule has 2 atom stereocenters. The highest BCUT2D eigenvalue weighted by Crippen LogP contribution is 2.26. The number of hydrogen-bond acceptors (Lipinski definition) is 4. The minimum atomic E-state index is 0.145. The summed E-state index contributed by atoms with van der Waals surface area (Å²) in [6.45, 7) is 4.41. The van der Waals surface area contributed by atoms with Crippen molar-refractivity contribution in [2.45, 2.75) is 45.2 Å². The second-order valence-electron chi connectivity index (χ2n) is 5.18. The molecule has 1 heterocycles. The van der Waals surface area contributed by atoms with Crippen LogP contribution in [-0.4, -0.2) is 35.5 Å². The number of aromatic hydroxyl groups is 1. The van der Waals surface area contributed by atoms with E-state index in [0.717, 1.165) is 5.56 Å². The second kappa shape index (κ2) is 5.95. The monoisotopic (exact) mass is 262 g/mol. The van der Waals surface area contributed by atoms with Crippen molar-refractivity contribution < 1.29 is 9.84 Å². The molecule has 104 valence electrons. The van der Waals surface area contributed by atoms with Gasteiger partial charge in [0.1, 0.15) is 0 Å². The molecule has 1 fully saturated rings. The van der Waals surface area contributed by atoms with Gasteiger partial charge in [0.2, 0.25) is 0 Å². The zero-order valence-corrected chi connectivity index (χ0v) is 11.8. The number of nitrogens with zero attached hydrogens (tertiary/aromatic N) is 2. The van der Waals surface area contributed by atoms with E-state index in [1.165, 1.54) is 19.3 Å². The van der Waals surface area contributed by atoms with Crippen molar-refractivity contribution >= 4 is 6.21 Å². The summed E-state index contributed by atoms with van der Waals surface area (Å²) in [6, 6.07) is 6.27. The fourth-order valence-corrected chi connectivity index (χ4v) is 2.56. The van der Waals surface area contributed by atoms with Gasteiger partial charge < -0.3 is 9.84 Å². The van der Waals surface area contributed by atoms with Crippen LogP contribution in [0.3, 0.4) is 0 Å². The maximum Gasteiger partial charge on any atom is 0.160 e. The van der Waals surface area contributed by atoms with Crippen molar-refractivity contribution in [2.75, 3.05) is 7.11 Å². The maximum atomic E-state index is 9.73. The van der Waals surface area contributed by atoms with Gasteiger partial charge in [-0.15, -0.1) is 0 Å². The van der Waals surface area contributed by atoms with Crippen molar-refractivity contribution in [2.24, 2.45) is 5.10 Å². The molecule has 2 rings (SSSR count). The summed E-state index contributed by atoms with van der Waals surface area (Å²) in [6.07, 6.45) is 5.46. The summed E-state index contributed by atoms with van der Waals surface area (Å²) in [7, 11) is 1.54. The molecule has 1 aromatic carbocycles. The molecule has 4 nitrogen and oxygen atoms in total. The molecule has 1 N–H and O–H groups in total. The third-order valence-electron chi connectivity index (χ3n) is 3.69. The highest BCUT2D eigenvalue weighted by Gasteiger charge is 2.22. The topological polar surface area (TPSA) is 45.1 Å². The molecule has 4 heteroatoms. The van der Waals surface area contributed by atoms with Crippen LogP contribution in [0.2, 0.25) is 0 Å². The molecule has 19 heavy (non-hydrogen) atoms. The van der Waals surface area contributed by atoms with E-state index >= 15 is 0 Å². The van der Waals surface area contributed by atoms with E-state index in [2.05, 4.69) is 24.0 Å². The first-order chi connectivity index (χ1) is 9.11. The Bertz CT molecular complexity index is 449. The van der Waals surface area contributed by atoms with E-state index in [0.29, 0.717) is 17.8 Å². The van der Waals surface area contributed by atoms with Gasteiger partial charge in [0, 0.05) is 12.1 Å². The minimum absolute atomic E-state index is 0.145. The summed E-state index contributed by atoms with van der Waals surface area (Å²) in [5.41, 5.74) is 0.878. The number of rotatable bonds is 3. The van der Waals surface area contributed by atoms with Gasteiger partial charge in [0.05, 0.1) is 13.3 Å². The molecule has 0 aromatic heterocycles. The zero-order valence-electron chi connectivity index (χ0n) is 11.8. The molecular weight excluding hydrogens is 240 g/mol. The van der Waals surface area contributed by atoms with E-state index in [1.54, 1.807) is 25.5 Å². The minimum Gasteiger partial charge on any atom is -0.504 e. The highest BCUT2D eigenvalue weighted by atomic mass is 16.5. The molecule has 1 aliphatic rings. The smallest absolute Gasteiger partial charge is 0.160 e. The largest absolute Gasteiger partial charge is 0.504 e. The zero-order chi connectivity index (χ0) is 13.8. The molecule has 0 unspecified atom stereocenters.